The van der Waals surface area contributed by atoms with Crippen LogP contribution in [0.3, 0.4) is 0 Å². The van der Waals surface area contributed by atoms with Crippen LogP contribution in [0.2, 0.25) is 0 Å². The third-order valence-corrected chi connectivity index (χ3v) is 8.57. The van der Waals surface area contributed by atoms with Gasteiger partial charge in [-0.25, -0.2) is 4.79 Å². The number of hydrogen-bond acceptors (Lipinski definition) is 4. The molecule has 0 aliphatic carbocycles. The average Bonchev–Trinajstić information content (AvgIpc) is 2.99. The van der Waals surface area contributed by atoms with Crippen LogP contribution in [0, 0.1) is 0 Å². The normalized spacial score (nSPS) is 19.8. The minimum absolute atomic E-state index is 0.102. The summed E-state index contributed by atoms with van der Waals surface area (Å²) in [5.74, 6) is -0.176. The number of rotatable bonds is 6. The second-order valence-electron chi connectivity index (χ2n) is 12.0. The number of carbonyl (C=O) groups excluding carboxylic acids is 3. The summed E-state index contributed by atoms with van der Waals surface area (Å²) in [4.78, 5) is 47.1. The number of nitrogens with one attached hydrogen (secondary N) is 1. The van der Waals surface area contributed by atoms with E-state index in [0.717, 1.165) is 27.5 Å². The van der Waals surface area contributed by atoms with Crippen LogP contribution in [0.15, 0.2) is 97.1 Å². The first-order valence-electron chi connectivity index (χ1n) is 14.7. The molecule has 0 radical (unpaired) electrons. The molecular weight excluding hydrogens is 540 g/mol. The number of hydrogen-bond donors (Lipinski definition) is 2. The highest BCUT2D eigenvalue weighted by molar-refractivity contribution is 5.92. The van der Waals surface area contributed by atoms with Crippen molar-refractivity contribution < 1.29 is 19.5 Å². The van der Waals surface area contributed by atoms with Gasteiger partial charge in [-0.3, -0.25) is 14.5 Å². The Balaban J connectivity index is 1.37. The summed E-state index contributed by atoms with van der Waals surface area (Å²) in [5, 5.41) is 15.0. The van der Waals surface area contributed by atoms with E-state index in [1.54, 1.807) is 39.0 Å². The SMILES string of the molecule is CC1(C)CC(=O)N2C(Cc3ccc(O)cc3)C(=O)N(Cc3cccc4ccccc34)CC2N1C(=O)NCc1ccccc1. The fourth-order valence-corrected chi connectivity index (χ4v) is 6.50. The highest BCUT2D eigenvalue weighted by Crippen LogP contribution is 2.36. The van der Waals surface area contributed by atoms with E-state index in [9.17, 15) is 19.5 Å². The van der Waals surface area contributed by atoms with Crippen molar-refractivity contribution in [3.8, 4) is 5.75 Å². The summed E-state index contributed by atoms with van der Waals surface area (Å²) >= 11 is 0. The number of benzene rings is 4. The first kappa shape index (κ1) is 28.3. The Labute approximate surface area is 251 Å². The van der Waals surface area contributed by atoms with Gasteiger partial charge in [0.05, 0.1) is 6.54 Å². The molecule has 0 bridgehead atoms. The largest absolute Gasteiger partial charge is 0.508 e. The van der Waals surface area contributed by atoms with E-state index in [-0.39, 0.29) is 43.0 Å². The molecule has 8 nitrogen and oxygen atoms in total. The molecule has 0 spiro atoms. The number of piperazine rings is 1. The average molecular weight is 577 g/mol. The van der Waals surface area contributed by atoms with E-state index < -0.39 is 17.7 Å². The van der Waals surface area contributed by atoms with Gasteiger partial charge in [0, 0.05) is 31.5 Å². The number of phenolic OH excluding ortho intramolecular Hbond substituents is 1. The Morgan fingerprint density at radius 1 is 0.884 bits per heavy atom. The molecule has 2 N–H and O–H groups in total. The van der Waals surface area contributed by atoms with Crippen LogP contribution in [0.25, 0.3) is 10.8 Å². The zero-order valence-corrected chi connectivity index (χ0v) is 24.4. The van der Waals surface area contributed by atoms with Crippen molar-refractivity contribution in [2.75, 3.05) is 6.54 Å². The second-order valence-corrected chi connectivity index (χ2v) is 12.0. The van der Waals surface area contributed by atoms with Gasteiger partial charge in [0.1, 0.15) is 18.0 Å². The van der Waals surface area contributed by atoms with Crippen LogP contribution in [0.5, 0.6) is 5.75 Å². The first-order valence-corrected chi connectivity index (χ1v) is 14.7. The van der Waals surface area contributed by atoms with Gasteiger partial charge in [-0.1, -0.05) is 84.9 Å². The zero-order chi connectivity index (χ0) is 30.1. The van der Waals surface area contributed by atoms with Gasteiger partial charge in [0.2, 0.25) is 11.8 Å². The molecule has 4 aromatic carbocycles. The minimum Gasteiger partial charge on any atom is -0.508 e. The lowest BCUT2D eigenvalue weighted by molar-refractivity contribution is -0.175. The van der Waals surface area contributed by atoms with E-state index in [1.165, 1.54) is 0 Å². The van der Waals surface area contributed by atoms with E-state index in [1.807, 2.05) is 80.6 Å². The van der Waals surface area contributed by atoms with Crippen molar-refractivity contribution in [1.82, 2.24) is 20.0 Å². The van der Waals surface area contributed by atoms with Crippen molar-refractivity contribution in [3.05, 3.63) is 114 Å². The fourth-order valence-electron chi connectivity index (χ4n) is 6.50. The lowest BCUT2D eigenvalue weighted by Gasteiger charge is -2.57. The molecule has 8 heteroatoms. The van der Waals surface area contributed by atoms with Crippen LogP contribution in [-0.4, -0.2) is 61.9 Å². The molecule has 2 aliphatic heterocycles. The third kappa shape index (κ3) is 5.65. The Bertz CT molecular complexity index is 1650. The highest BCUT2D eigenvalue weighted by Gasteiger charge is 2.54. The summed E-state index contributed by atoms with van der Waals surface area (Å²) < 4.78 is 0. The van der Waals surface area contributed by atoms with Crippen molar-refractivity contribution in [1.29, 1.82) is 0 Å². The van der Waals surface area contributed by atoms with Gasteiger partial charge in [-0.05, 0) is 53.4 Å². The maximum Gasteiger partial charge on any atom is 0.319 e. The first-order chi connectivity index (χ1) is 20.7. The quantitative estimate of drug-likeness (QED) is 0.336. The molecule has 6 rings (SSSR count). The van der Waals surface area contributed by atoms with Gasteiger partial charge in [0.25, 0.3) is 0 Å². The molecule has 2 fully saturated rings. The van der Waals surface area contributed by atoms with Crippen molar-refractivity contribution >= 4 is 28.6 Å². The van der Waals surface area contributed by atoms with Crippen LogP contribution in [0.1, 0.15) is 37.0 Å². The topological polar surface area (TPSA) is 93.2 Å². The Hall–Kier alpha value is -4.85. The number of fused-ring (bicyclic) bond motifs is 2. The maximum absolute atomic E-state index is 14.2. The van der Waals surface area contributed by atoms with Crippen LogP contribution >= 0.6 is 0 Å². The summed E-state index contributed by atoms with van der Waals surface area (Å²) in [6.45, 7) is 4.71. The van der Waals surface area contributed by atoms with Gasteiger partial charge in [-0.2, -0.15) is 0 Å². The van der Waals surface area contributed by atoms with Gasteiger partial charge in [0.15, 0.2) is 0 Å². The number of amides is 4. The fraction of sp³-hybridized carbons (Fsp3) is 0.286. The lowest BCUT2D eigenvalue weighted by Crippen LogP contribution is -2.76. The molecule has 2 aliphatic rings. The van der Waals surface area contributed by atoms with E-state index in [2.05, 4.69) is 11.4 Å². The molecular formula is C35H36N4O4. The summed E-state index contributed by atoms with van der Waals surface area (Å²) in [6.07, 6.45) is -0.278. The number of nitrogens with zero attached hydrogens (tertiary/aromatic N) is 3. The second kappa shape index (κ2) is 11.4. The van der Waals surface area contributed by atoms with Crippen LogP contribution in [0.4, 0.5) is 4.79 Å². The predicted molar refractivity (Wildman–Crippen MR) is 165 cm³/mol. The molecule has 2 atom stereocenters. The Morgan fingerprint density at radius 3 is 2.35 bits per heavy atom. The monoisotopic (exact) mass is 576 g/mol. The molecule has 0 aromatic heterocycles. The van der Waals surface area contributed by atoms with Gasteiger partial charge < -0.3 is 20.2 Å². The van der Waals surface area contributed by atoms with Crippen LogP contribution in [-0.2, 0) is 29.1 Å². The molecule has 2 unspecified atom stereocenters. The smallest absolute Gasteiger partial charge is 0.319 e. The molecule has 2 heterocycles. The van der Waals surface area contributed by atoms with Crippen molar-refractivity contribution in [2.45, 2.75) is 57.5 Å². The molecule has 4 aromatic rings. The molecule has 4 amide bonds. The minimum atomic E-state index is -0.800. The highest BCUT2D eigenvalue weighted by atomic mass is 16.3. The molecule has 2 saturated heterocycles. The summed E-state index contributed by atoms with van der Waals surface area (Å²) in [5.41, 5.74) is 2.03. The van der Waals surface area contributed by atoms with E-state index in [4.69, 9.17) is 0 Å². The lowest BCUT2D eigenvalue weighted by atomic mass is 9.88. The Kier molecular flexibility index (Phi) is 7.52. The standard InChI is InChI=1S/C35H36N4O4/c1-35(2)20-32(41)38-30(19-24-15-17-28(40)18-16-24)33(42)37(22-27-13-8-12-26-11-6-7-14-29(26)27)23-31(38)39(35)34(43)36-21-25-9-4-3-5-10-25/h3-18,30-31,40H,19-23H2,1-2H3,(H,36,43). The third-order valence-electron chi connectivity index (χ3n) is 8.57. The van der Waals surface area contributed by atoms with Gasteiger partial charge in [-0.15, -0.1) is 0 Å². The Morgan fingerprint density at radius 2 is 1.58 bits per heavy atom. The number of urea groups is 1. The predicted octanol–water partition coefficient (Wildman–Crippen LogP) is 5.05. The van der Waals surface area contributed by atoms with Crippen molar-refractivity contribution in [3.63, 3.8) is 0 Å². The number of phenols is 1. The van der Waals surface area contributed by atoms with Gasteiger partial charge >= 0.3 is 6.03 Å². The van der Waals surface area contributed by atoms with Crippen LogP contribution < -0.4 is 5.32 Å². The molecule has 43 heavy (non-hydrogen) atoms. The van der Waals surface area contributed by atoms with E-state index in [0.29, 0.717) is 13.1 Å². The maximum atomic E-state index is 14.2. The molecule has 220 valence electrons. The van der Waals surface area contributed by atoms with Crippen molar-refractivity contribution in [2.24, 2.45) is 0 Å². The van der Waals surface area contributed by atoms with E-state index >= 15 is 0 Å². The zero-order valence-electron chi connectivity index (χ0n) is 24.4. The molecule has 0 saturated carbocycles. The summed E-state index contributed by atoms with van der Waals surface area (Å²) in [7, 11) is 0. The number of aromatic hydroxyl groups is 1. The number of carbonyl (C=O) groups is 3. The summed E-state index contributed by atoms with van der Waals surface area (Å²) in [6, 6.07) is 29.5.